The minimum atomic E-state index is -1.10. The Bertz CT molecular complexity index is 732. The molecule has 0 aromatic heterocycles. The number of amides is 1. The van der Waals surface area contributed by atoms with Crippen LogP contribution < -0.4 is 9.47 Å². The maximum absolute atomic E-state index is 12.5. The largest absolute Gasteiger partial charge is 0.490 e. The Morgan fingerprint density at radius 3 is 2.56 bits per heavy atom. The summed E-state index contributed by atoms with van der Waals surface area (Å²) in [7, 11) is 0. The van der Waals surface area contributed by atoms with Gasteiger partial charge in [-0.05, 0) is 44.5 Å². The Kier molecular flexibility index (Phi) is 6.44. The van der Waals surface area contributed by atoms with Crippen molar-refractivity contribution in [3.63, 3.8) is 0 Å². The molecule has 1 atom stereocenters. The summed E-state index contributed by atoms with van der Waals surface area (Å²) in [5.41, 5.74) is 0.746. The summed E-state index contributed by atoms with van der Waals surface area (Å²) in [6, 6.07) is 4.36. The molecule has 0 radical (unpaired) electrons. The van der Waals surface area contributed by atoms with Gasteiger partial charge in [0.1, 0.15) is 10.4 Å². The Labute approximate surface area is 155 Å². The Morgan fingerprint density at radius 1 is 1.32 bits per heavy atom. The smallest absolute Gasteiger partial charge is 0.326 e. The number of rotatable bonds is 7. The van der Waals surface area contributed by atoms with Crippen molar-refractivity contribution in [2.45, 2.75) is 26.8 Å². The quantitative estimate of drug-likeness (QED) is 0.574. The predicted octanol–water partition coefficient (Wildman–Crippen LogP) is 3.16. The van der Waals surface area contributed by atoms with E-state index in [4.69, 9.17) is 26.8 Å². The summed E-state index contributed by atoms with van der Waals surface area (Å²) in [4.78, 5) is 25.1. The van der Waals surface area contributed by atoms with Gasteiger partial charge in [0.25, 0.3) is 5.91 Å². The van der Waals surface area contributed by atoms with Gasteiger partial charge in [0.15, 0.2) is 11.5 Å². The van der Waals surface area contributed by atoms with Crippen LogP contribution in [0.4, 0.5) is 0 Å². The minimum absolute atomic E-state index is 0.238. The monoisotopic (exact) mass is 381 g/mol. The van der Waals surface area contributed by atoms with Gasteiger partial charge in [-0.3, -0.25) is 9.69 Å². The Balaban J connectivity index is 2.31. The molecule has 134 valence electrons. The normalized spacial score (nSPS) is 17.1. The van der Waals surface area contributed by atoms with Crippen LogP contribution in [0.1, 0.15) is 26.3 Å². The zero-order valence-electron chi connectivity index (χ0n) is 14.1. The number of carboxylic acids is 1. The van der Waals surface area contributed by atoms with Gasteiger partial charge in [0.2, 0.25) is 0 Å². The number of ether oxygens (including phenoxy) is 2. The predicted molar refractivity (Wildman–Crippen MR) is 101 cm³/mol. The van der Waals surface area contributed by atoms with E-state index < -0.39 is 17.9 Å². The molecular weight excluding hydrogens is 362 g/mol. The molecule has 1 saturated heterocycles. The Morgan fingerprint density at radius 2 is 1.96 bits per heavy atom. The van der Waals surface area contributed by atoms with Crippen LogP contribution in [0.25, 0.3) is 6.08 Å². The summed E-state index contributed by atoms with van der Waals surface area (Å²) in [5, 5.41) is 9.12. The molecule has 1 aliphatic rings. The van der Waals surface area contributed by atoms with Crippen LogP contribution >= 0.6 is 24.0 Å². The van der Waals surface area contributed by atoms with Crippen LogP contribution in [-0.2, 0) is 9.59 Å². The number of thiocarbonyl (C=S) groups is 1. The lowest BCUT2D eigenvalue weighted by Crippen LogP contribution is -2.41. The molecule has 1 heterocycles. The topological polar surface area (TPSA) is 76.1 Å². The van der Waals surface area contributed by atoms with E-state index in [-0.39, 0.29) is 4.32 Å². The zero-order chi connectivity index (χ0) is 18.6. The van der Waals surface area contributed by atoms with Crippen molar-refractivity contribution in [1.29, 1.82) is 0 Å². The van der Waals surface area contributed by atoms with E-state index in [1.807, 2.05) is 13.8 Å². The minimum Gasteiger partial charge on any atom is -0.490 e. The number of carbonyl (C=O) groups excluding carboxylic acids is 1. The Hall–Kier alpha value is -2.06. The van der Waals surface area contributed by atoms with Gasteiger partial charge in [-0.25, -0.2) is 4.79 Å². The molecule has 8 heteroatoms. The van der Waals surface area contributed by atoms with Gasteiger partial charge < -0.3 is 14.6 Å². The zero-order valence-corrected chi connectivity index (χ0v) is 15.8. The van der Waals surface area contributed by atoms with Crippen molar-refractivity contribution in [2.75, 3.05) is 13.2 Å². The van der Waals surface area contributed by atoms with E-state index in [0.29, 0.717) is 29.6 Å². The number of hydrogen-bond acceptors (Lipinski definition) is 6. The third kappa shape index (κ3) is 4.32. The van der Waals surface area contributed by atoms with Crippen LogP contribution in [0.2, 0.25) is 0 Å². The highest BCUT2D eigenvalue weighted by atomic mass is 32.2. The number of thioether (sulfide) groups is 1. The molecule has 0 aliphatic carbocycles. The third-order valence-electron chi connectivity index (χ3n) is 3.43. The number of carbonyl (C=O) groups is 2. The molecule has 1 aromatic carbocycles. The van der Waals surface area contributed by atoms with Gasteiger partial charge >= 0.3 is 5.97 Å². The van der Waals surface area contributed by atoms with Crippen molar-refractivity contribution in [3.8, 4) is 11.5 Å². The lowest BCUT2D eigenvalue weighted by Gasteiger charge is -2.18. The van der Waals surface area contributed by atoms with Gasteiger partial charge in [0.05, 0.1) is 18.1 Å². The fraction of sp³-hybridized carbons (Fsp3) is 0.353. The van der Waals surface area contributed by atoms with E-state index in [2.05, 4.69) is 0 Å². The maximum atomic E-state index is 12.5. The molecule has 6 nitrogen and oxygen atoms in total. The third-order valence-corrected chi connectivity index (χ3v) is 4.76. The van der Waals surface area contributed by atoms with Crippen LogP contribution in [0.5, 0.6) is 11.5 Å². The molecule has 1 fully saturated rings. The molecule has 0 saturated carbocycles. The van der Waals surface area contributed by atoms with Crippen LogP contribution in [0, 0.1) is 0 Å². The summed E-state index contributed by atoms with van der Waals surface area (Å²) >= 11 is 6.24. The van der Waals surface area contributed by atoms with Crippen LogP contribution in [0.3, 0.4) is 0 Å². The highest BCUT2D eigenvalue weighted by Gasteiger charge is 2.38. The highest BCUT2D eigenvalue weighted by molar-refractivity contribution is 8.26. The first-order valence-corrected chi connectivity index (χ1v) is 9.01. The number of hydrogen-bond donors (Lipinski definition) is 1. The first-order chi connectivity index (χ1) is 11.9. The van der Waals surface area contributed by atoms with E-state index in [0.717, 1.165) is 22.2 Å². The van der Waals surface area contributed by atoms with Crippen molar-refractivity contribution in [1.82, 2.24) is 4.90 Å². The van der Waals surface area contributed by atoms with E-state index in [9.17, 15) is 9.59 Å². The summed E-state index contributed by atoms with van der Waals surface area (Å²) in [6.45, 7) is 6.20. The molecule has 25 heavy (non-hydrogen) atoms. The van der Waals surface area contributed by atoms with Crippen molar-refractivity contribution in [2.24, 2.45) is 0 Å². The summed E-state index contributed by atoms with van der Waals surface area (Å²) in [5.74, 6) is -0.282. The number of benzene rings is 1. The van der Waals surface area contributed by atoms with Crippen LogP contribution in [-0.4, -0.2) is 45.5 Å². The number of carboxylic acid groups (broad SMARTS) is 1. The second-order valence-electron chi connectivity index (χ2n) is 5.14. The second-order valence-corrected chi connectivity index (χ2v) is 6.81. The molecule has 1 N–H and O–H groups in total. The average Bonchev–Trinajstić information content (AvgIpc) is 2.83. The SMILES string of the molecule is CCOc1ccc(/C=C2\SC(=S)N([C@@H](C)C(=O)O)C2=O)cc1OCC. The van der Waals surface area contributed by atoms with Gasteiger partial charge in [-0.1, -0.05) is 30.0 Å². The van der Waals surface area contributed by atoms with Crippen molar-refractivity contribution < 1.29 is 24.2 Å². The molecule has 1 aliphatic heterocycles. The first-order valence-electron chi connectivity index (χ1n) is 7.78. The number of nitrogens with zero attached hydrogens (tertiary/aromatic N) is 1. The van der Waals surface area contributed by atoms with Gasteiger partial charge in [-0.15, -0.1) is 0 Å². The molecular formula is C17H19NO5S2. The van der Waals surface area contributed by atoms with E-state index >= 15 is 0 Å². The molecule has 0 unspecified atom stereocenters. The fourth-order valence-corrected chi connectivity index (χ4v) is 3.65. The fourth-order valence-electron chi connectivity index (χ4n) is 2.23. The standard InChI is InChI=1S/C17H19NO5S2/c1-4-22-12-7-6-11(8-13(12)23-5-2)9-14-15(19)18(17(24)25-14)10(3)16(20)21/h6-10H,4-5H2,1-3H3,(H,20,21)/b14-9-/t10-/m0/s1. The molecule has 1 amide bonds. The molecule has 1 aromatic rings. The van der Waals surface area contributed by atoms with Crippen molar-refractivity contribution in [3.05, 3.63) is 28.7 Å². The lowest BCUT2D eigenvalue weighted by atomic mass is 10.1. The second kappa shape index (κ2) is 8.35. The van der Waals surface area contributed by atoms with E-state index in [1.54, 1.807) is 24.3 Å². The average molecular weight is 381 g/mol. The molecule has 2 rings (SSSR count). The van der Waals surface area contributed by atoms with Gasteiger partial charge in [-0.2, -0.15) is 0 Å². The summed E-state index contributed by atoms with van der Waals surface area (Å²) in [6.07, 6.45) is 1.67. The molecule has 0 bridgehead atoms. The van der Waals surface area contributed by atoms with Crippen molar-refractivity contribution >= 4 is 46.3 Å². The highest BCUT2D eigenvalue weighted by Crippen LogP contribution is 2.35. The summed E-state index contributed by atoms with van der Waals surface area (Å²) < 4.78 is 11.3. The first kappa shape index (κ1) is 19.3. The lowest BCUT2D eigenvalue weighted by molar-refractivity contribution is -0.144. The maximum Gasteiger partial charge on any atom is 0.326 e. The van der Waals surface area contributed by atoms with E-state index in [1.165, 1.54) is 6.92 Å². The van der Waals surface area contributed by atoms with Crippen LogP contribution in [0.15, 0.2) is 23.1 Å². The van der Waals surface area contributed by atoms with Gasteiger partial charge in [0, 0.05) is 0 Å². The molecule has 0 spiro atoms. The number of aliphatic carboxylic acids is 1.